The molecule has 0 aliphatic carbocycles. The van der Waals surface area contributed by atoms with Gasteiger partial charge >= 0.3 is 0 Å². The number of nitrogens with zero attached hydrogens (tertiary/aromatic N) is 2. The summed E-state index contributed by atoms with van der Waals surface area (Å²) in [6, 6.07) is 19.7. The molecule has 30 heavy (non-hydrogen) atoms. The molecule has 152 valence electrons. The van der Waals surface area contributed by atoms with Crippen LogP contribution in [0.5, 0.6) is 11.5 Å². The van der Waals surface area contributed by atoms with Crippen molar-refractivity contribution in [1.82, 2.24) is 15.2 Å². The first-order valence-electron chi connectivity index (χ1n) is 9.06. The van der Waals surface area contributed by atoms with Gasteiger partial charge in [-0.3, -0.25) is 19.9 Å². The van der Waals surface area contributed by atoms with Crippen molar-refractivity contribution in [2.24, 2.45) is 0 Å². The topological polar surface area (TPSA) is 83.6 Å². The van der Waals surface area contributed by atoms with Crippen molar-refractivity contribution in [3.8, 4) is 11.5 Å². The van der Waals surface area contributed by atoms with Crippen LogP contribution in [0.25, 0.3) is 0 Å². The minimum absolute atomic E-state index is 0.0565. The molecule has 1 aromatic heterocycles. The maximum Gasteiger partial charge on any atom is 0.272 e. The fourth-order valence-electron chi connectivity index (χ4n) is 2.57. The molecule has 0 atom stereocenters. The monoisotopic (exact) mass is 420 g/mol. The number of para-hydroxylation sites is 1. The third kappa shape index (κ3) is 5.39. The second-order valence-corrected chi connectivity index (χ2v) is 6.86. The van der Waals surface area contributed by atoms with Crippen LogP contribution >= 0.6 is 12.2 Å². The predicted molar refractivity (Wildman–Crippen MR) is 119 cm³/mol. The number of carbonyl (C=O) groups excluding carboxylic acids is 2. The van der Waals surface area contributed by atoms with Crippen LogP contribution in [0.15, 0.2) is 72.9 Å². The normalized spacial score (nSPS) is 10.1. The summed E-state index contributed by atoms with van der Waals surface area (Å²) in [5.41, 5.74) is 0.840. The van der Waals surface area contributed by atoms with Crippen molar-refractivity contribution in [1.29, 1.82) is 0 Å². The van der Waals surface area contributed by atoms with Gasteiger partial charge in [0.2, 0.25) is 0 Å². The first kappa shape index (κ1) is 20.9. The molecule has 3 aromatic rings. The van der Waals surface area contributed by atoms with Crippen molar-refractivity contribution in [3.63, 3.8) is 0 Å². The molecular formula is C22H20N4O3S. The molecule has 0 unspecified atom stereocenters. The van der Waals surface area contributed by atoms with E-state index in [0.717, 1.165) is 0 Å². The van der Waals surface area contributed by atoms with Gasteiger partial charge in [0.1, 0.15) is 17.2 Å². The van der Waals surface area contributed by atoms with Crippen molar-refractivity contribution in [2.45, 2.75) is 0 Å². The van der Waals surface area contributed by atoms with Gasteiger partial charge in [-0.15, -0.1) is 0 Å². The summed E-state index contributed by atoms with van der Waals surface area (Å²) in [6.45, 7) is 0. The molecule has 0 saturated heterocycles. The Morgan fingerprint density at radius 2 is 1.70 bits per heavy atom. The lowest BCUT2D eigenvalue weighted by Crippen LogP contribution is -2.36. The Bertz CT molecular complexity index is 1070. The zero-order valence-corrected chi connectivity index (χ0v) is 17.3. The minimum atomic E-state index is -0.525. The summed E-state index contributed by atoms with van der Waals surface area (Å²) in [5.74, 6) is 0.430. The van der Waals surface area contributed by atoms with Gasteiger partial charge in [0.15, 0.2) is 5.11 Å². The SMILES string of the molecule is CN(C)C(=O)c1ncccc1C(=O)NC(=S)Nc1cccc(Oc2ccccc2)c1. The Balaban J connectivity index is 1.67. The fraction of sp³-hybridized carbons (Fsp3) is 0.0909. The third-order valence-corrected chi connectivity index (χ3v) is 4.16. The van der Waals surface area contributed by atoms with Crippen LogP contribution in [0.2, 0.25) is 0 Å². The second kappa shape index (κ2) is 9.62. The minimum Gasteiger partial charge on any atom is -0.457 e. The molecule has 0 radical (unpaired) electrons. The molecule has 1 heterocycles. The predicted octanol–water partition coefficient (Wildman–Crippen LogP) is 3.70. The van der Waals surface area contributed by atoms with Gasteiger partial charge in [0.05, 0.1) is 5.56 Å². The number of thiocarbonyl (C=S) groups is 1. The number of amides is 2. The number of carbonyl (C=O) groups is 2. The van der Waals surface area contributed by atoms with Gasteiger partial charge in [0, 0.05) is 32.0 Å². The number of anilines is 1. The second-order valence-electron chi connectivity index (χ2n) is 6.45. The lowest BCUT2D eigenvalue weighted by molar-refractivity contribution is 0.0813. The van der Waals surface area contributed by atoms with Gasteiger partial charge in [-0.05, 0) is 48.6 Å². The highest BCUT2D eigenvalue weighted by Crippen LogP contribution is 2.23. The van der Waals surface area contributed by atoms with E-state index in [0.29, 0.717) is 17.2 Å². The standard InChI is InChI=1S/C22H20N4O3S/c1-26(2)21(28)19-18(12-7-13-23-19)20(27)25-22(30)24-15-8-6-11-17(14-15)29-16-9-4-3-5-10-16/h3-14H,1-2H3,(H2,24,25,27,30). The van der Waals surface area contributed by atoms with E-state index in [4.69, 9.17) is 17.0 Å². The Hall–Kier alpha value is -3.78. The highest BCUT2D eigenvalue weighted by Gasteiger charge is 2.20. The summed E-state index contributed by atoms with van der Waals surface area (Å²) < 4.78 is 5.79. The van der Waals surface area contributed by atoms with Gasteiger partial charge in [-0.2, -0.15) is 0 Å². The van der Waals surface area contributed by atoms with Crippen LogP contribution in [0.3, 0.4) is 0 Å². The van der Waals surface area contributed by atoms with E-state index >= 15 is 0 Å². The van der Waals surface area contributed by atoms with E-state index in [1.807, 2.05) is 36.4 Å². The van der Waals surface area contributed by atoms with Gasteiger partial charge < -0.3 is 15.0 Å². The Kier molecular flexibility index (Phi) is 6.71. The number of hydrogen-bond acceptors (Lipinski definition) is 5. The molecule has 0 bridgehead atoms. The molecule has 2 amide bonds. The van der Waals surface area contributed by atoms with Crippen LogP contribution in [-0.2, 0) is 0 Å². The quantitative estimate of drug-likeness (QED) is 0.613. The average molecular weight is 420 g/mol. The van der Waals surface area contributed by atoms with E-state index in [1.165, 1.54) is 17.2 Å². The largest absolute Gasteiger partial charge is 0.457 e. The molecule has 2 N–H and O–H groups in total. The summed E-state index contributed by atoms with van der Waals surface area (Å²) in [4.78, 5) is 30.3. The van der Waals surface area contributed by atoms with Crippen molar-refractivity contribution in [3.05, 3.63) is 84.2 Å². The summed E-state index contributed by atoms with van der Waals surface area (Å²) >= 11 is 5.25. The van der Waals surface area contributed by atoms with Crippen LogP contribution in [-0.4, -0.2) is 40.9 Å². The van der Waals surface area contributed by atoms with E-state index in [9.17, 15) is 9.59 Å². The molecule has 0 fully saturated rings. The molecule has 0 spiro atoms. The molecule has 7 nitrogen and oxygen atoms in total. The lowest BCUT2D eigenvalue weighted by Gasteiger charge is -2.14. The van der Waals surface area contributed by atoms with E-state index < -0.39 is 5.91 Å². The molecule has 8 heteroatoms. The van der Waals surface area contributed by atoms with Crippen LogP contribution in [0.1, 0.15) is 20.8 Å². The smallest absolute Gasteiger partial charge is 0.272 e. The summed E-state index contributed by atoms with van der Waals surface area (Å²) in [6.07, 6.45) is 1.46. The number of rotatable bonds is 5. The molecule has 3 rings (SSSR count). The number of benzene rings is 2. The average Bonchev–Trinajstić information content (AvgIpc) is 2.74. The highest BCUT2D eigenvalue weighted by molar-refractivity contribution is 7.80. The van der Waals surface area contributed by atoms with Crippen LogP contribution in [0.4, 0.5) is 5.69 Å². The maximum atomic E-state index is 12.6. The molecule has 0 saturated carbocycles. The molecule has 2 aromatic carbocycles. The number of ether oxygens (including phenoxy) is 1. The molecular weight excluding hydrogens is 400 g/mol. The lowest BCUT2D eigenvalue weighted by atomic mass is 10.1. The molecule has 0 aliphatic rings. The Labute approximate surface area is 179 Å². The summed E-state index contributed by atoms with van der Waals surface area (Å²) in [5, 5.41) is 5.61. The van der Waals surface area contributed by atoms with Crippen molar-refractivity contribution in [2.75, 3.05) is 19.4 Å². The van der Waals surface area contributed by atoms with Crippen LogP contribution in [0, 0.1) is 0 Å². The fourth-order valence-corrected chi connectivity index (χ4v) is 2.78. The Morgan fingerprint density at radius 3 is 2.43 bits per heavy atom. The van der Waals surface area contributed by atoms with E-state index in [1.54, 1.807) is 38.4 Å². The first-order chi connectivity index (χ1) is 14.4. The number of aromatic nitrogens is 1. The van der Waals surface area contributed by atoms with Crippen molar-refractivity contribution >= 4 is 34.8 Å². The third-order valence-electron chi connectivity index (χ3n) is 3.96. The zero-order chi connectivity index (χ0) is 21.5. The van der Waals surface area contributed by atoms with Crippen LogP contribution < -0.4 is 15.4 Å². The van der Waals surface area contributed by atoms with E-state index in [-0.39, 0.29) is 22.3 Å². The van der Waals surface area contributed by atoms with Crippen molar-refractivity contribution < 1.29 is 14.3 Å². The Morgan fingerprint density at radius 1 is 0.967 bits per heavy atom. The van der Waals surface area contributed by atoms with Gasteiger partial charge in [0.25, 0.3) is 11.8 Å². The maximum absolute atomic E-state index is 12.6. The summed E-state index contributed by atoms with van der Waals surface area (Å²) in [7, 11) is 3.19. The molecule has 0 aliphatic heterocycles. The van der Waals surface area contributed by atoms with Gasteiger partial charge in [-0.1, -0.05) is 24.3 Å². The number of nitrogens with one attached hydrogen (secondary N) is 2. The first-order valence-corrected chi connectivity index (χ1v) is 9.47. The zero-order valence-electron chi connectivity index (χ0n) is 16.5. The van der Waals surface area contributed by atoms with Gasteiger partial charge in [-0.25, -0.2) is 0 Å². The van der Waals surface area contributed by atoms with E-state index in [2.05, 4.69) is 15.6 Å². The number of hydrogen-bond donors (Lipinski definition) is 2. The number of pyridine rings is 1. The highest BCUT2D eigenvalue weighted by atomic mass is 32.1.